The highest BCUT2D eigenvalue weighted by Gasteiger charge is 2.32. The topological polar surface area (TPSA) is 59.9 Å². The van der Waals surface area contributed by atoms with Crippen molar-refractivity contribution in [2.24, 2.45) is 0 Å². The van der Waals surface area contributed by atoms with Gasteiger partial charge in [-0.2, -0.15) is 13.2 Å². The molecule has 0 saturated heterocycles. The lowest BCUT2D eigenvalue weighted by molar-refractivity contribution is -0.141. The lowest BCUT2D eigenvalue weighted by Gasteiger charge is -2.08. The van der Waals surface area contributed by atoms with Crippen molar-refractivity contribution in [3.05, 3.63) is 52.6 Å². The summed E-state index contributed by atoms with van der Waals surface area (Å²) in [4.78, 5) is 32.3. The summed E-state index contributed by atoms with van der Waals surface area (Å²) in [6.07, 6.45) is -4.31. The molecule has 0 aliphatic carbocycles. The number of ketones is 2. The van der Waals surface area contributed by atoms with E-state index >= 15 is 0 Å². The monoisotopic (exact) mass is 388 g/mol. The minimum atomic E-state index is -4.59. The minimum absolute atomic E-state index is 0.0759. The fraction of sp³-hybridized carbons (Fsp3) is 0.250. The fourth-order valence-electron chi connectivity index (χ4n) is 1.95. The molecular formula is C16H12ClF3N2O2S. The predicted octanol–water partition coefficient (Wildman–Crippen LogP) is 4.72. The Labute approximate surface area is 150 Å². The fourth-order valence-corrected chi connectivity index (χ4v) is 2.87. The van der Waals surface area contributed by atoms with E-state index < -0.39 is 29.9 Å². The van der Waals surface area contributed by atoms with Crippen molar-refractivity contribution in [1.82, 2.24) is 9.97 Å². The summed E-state index contributed by atoms with van der Waals surface area (Å²) in [5.41, 5.74) is -1.10. The molecule has 4 nitrogen and oxygen atoms in total. The van der Waals surface area contributed by atoms with Gasteiger partial charge in [-0.1, -0.05) is 18.5 Å². The number of rotatable bonds is 6. The van der Waals surface area contributed by atoms with Crippen LogP contribution in [-0.2, 0) is 6.18 Å². The van der Waals surface area contributed by atoms with Gasteiger partial charge in [0.2, 0.25) is 0 Å². The van der Waals surface area contributed by atoms with Crippen LogP contribution in [0, 0.1) is 0 Å². The average Bonchev–Trinajstić information content (AvgIpc) is 2.56. The molecule has 0 N–H and O–H groups in total. The van der Waals surface area contributed by atoms with Gasteiger partial charge in [0.25, 0.3) is 0 Å². The molecule has 2 rings (SSSR count). The van der Waals surface area contributed by atoms with Crippen LogP contribution in [-0.4, -0.2) is 27.3 Å². The average molecular weight is 389 g/mol. The Morgan fingerprint density at radius 3 is 2.44 bits per heavy atom. The number of nitrogens with zero attached hydrogens (tertiary/aromatic N) is 2. The van der Waals surface area contributed by atoms with Crippen LogP contribution in [0.4, 0.5) is 13.2 Å². The number of hydrogen-bond donors (Lipinski definition) is 0. The van der Waals surface area contributed by atoms with Crippen LogP contribution in [0.3, 0.4) is 0 Å². The Kier molecular flexibility index (Phi) is 6.18. The molecule has 0 unspecified atom stereocenters. The van der Waals surface area contributed by atoms with Crippen LogP contribution in [0.25, 0.3) is 0 Å². The SMILES string of the molecule is CCSc1ccc(Cl)nc1C(=O)CC(=O)c1ccc(C(F)(F)F)nc1. The Balaban J connectivity index is 2.18. The van der Waals surface area contributed by atoms with E-state index in [1.165, 1.54) is 17.8 Å². The van der Waals surface area contributed by atoms with Gasteiger partial charge in [0.05, 0.1) is 6.42 Å². The van der Waals surface area contributed by atoms with Crippen LogP contribution in [0.2, 0.25) is 5.15 Å². The van der Waals surface area contributed by atoms with Gasteiger partial charge >= 0.3 is 6.18 Å². The largest absolute Gasteiger partial charge is 0.433 e. The number of Topliss-reactive ketones (excluding diaryl/α,β-unsaturated/α-hetero) is 2. The normalized spacial score (nSPS) is 11.4. The van der Waals surface area contributed by atoms with Gasteiger partial charge in [0, 0.05) is 16.7 Å². The van der Waals surface area contributed by atoms with Crippen molar-refractivity contribution in [3.63, 3.8) is 0 Å². The molecule has 2 heterocycles. The number of thioether (sulfide) groups is 1. The molecule has 0 atom stereocenters. The summed E-state index contributed by atoms with van der Waals surface area (Å²) in [5.74, 6) is -0.496. The highest BCUT2D eigenvalue weighted by atomic mass is 35.5. The quantitative estimate of drug-likeness (QED) is 0.310. The van der Waals surface area contributed by atoms with Crippen LogP contribution in [0.5, 0.6) is 0 Å². The van der Waals surface area contributed by atoms with Crippen LogP contribution < -0.4 is 0 Å². The van der Waals surface area contributed by atoms with E-state index in [4.69, 9.17) is 11.6 Å². The summed E-state index contributed by atoms with van der Waals surface area (Å²) in [7, 11) is 0. The second-order valence-corrected chi connectivity index (χ2v) is 6.56. The maximum Gasteiger partial charge on any atom is 0.433 e. The highest BCUT2D eigenvalue weighted by Crippen LogP contribution is 2.28. The lowest BCUT2D eigenvalue weighted by Crippen LogP contribution is -2.13. The van der Waals surface area contributed by atoms with Gasteiger partial charge in [-0.15, -0.1) is 11.8 Å². The zero-order valence-electron chi connectivity index (χ0n) is 12.9. The number of carbonyl (C=O) groups excluding carboxylic acids is 2. The first-order valence-corrected chi connectivity index (χ1v) is 8.47. The summed E-state index contributed by atoms with van der Waals surface area (Å²) < 4.78 is 37.4. The van der Waals surface area contributed by atoms with Crippen molar-refractivity contribution in [1.29, 1.82) is 0 Å². The lowest BCUT2D eigenvalue weighted by atomic mass is 10.1. The van der Waals surface area contributed by atoms with E-state index in [1.807, 2.05) is 6.92 Å². The molecule has 0 aromatic carbocycles. The van der Waals surface area contributed by atoms with Crippen molar-refractivity contribution < 1.29 is 22.8 Å². The van der Waals surface area contributed by atoms with E-state index in [1.54, 1.807) is 6.07 Å². The molecule has 0 amide bonds. The molecule has 0 fully saturated rings. The second-order valence-electron chi connectivity index (χ2n) is 4.87. The molecular weight excluding hydrogens is 377 g/mol. The van der Waals surface area contributed by atoms with E-state index in [9.17, 15) is 22.8 Å². The maximum atomic E-state index is 12.5. The Bertz CT molecular complexity index is 795. The van der Waals surface area contributed by atoms with Gasteiger partial charge in [0.1, 0.15) is 16.5 Å². The third kappa shape index (κ3) is 5.02. The first kappa shape index (κ1) is 19.4. The number of hydrogen-bond acceptors (Lipinski definition) is 5. The Morgan fingerprint density at radius 1 is 1.16 bits per heavy atom. The third-order valence-corrected chi connectivity index (χ3v) is 4.22. The molecule has 0 aliphatic rings. The summed E-state index contributed by atoms with van der Waals surface area (Å²) >= 11 is 7.18. The summed E-state index contributed by atoms with van der Waals surface area (Å²) in [5, 5.41) is 0.118. The number of pyridine rings is 2. The van der Waals surface area contributed by atoms with E-state index in [0.29, 0.717) is 16.7 Å². The number of carbonyl (C=O) groups is 2. The van der Waals surface area contributed by atoms with E-state index in [2.05, 4.69) is 9.97 Å². The standard InChI is InChI=1S/C16H12ClF3N2O2S/c1-2-25-12-4-6-14(17)22-15(12)11(24)7-10(23)9-3-5-13(21-8-9)16(18,19)20/h3-6,8H,2,7H2,1H3. The van der Waals surface area contributed by atoms with E-state index in [-0.39, 0.29) is 16.4 Å². The van der Waals surface area contributed by atoms with E-state index in [0.717, 1.165) is 12.3 Å². The maximum absolute atomic E-state index is 12.5. The molecule has 0 radical (unpaired) electrons. The van der Waals surface area contributed by atoms with Crippen molar-refractivity contribution in [2.45, 2.75) is 24.4 Å². The third-order valence-electron chi connectivity index (χ3n) is 3.09. The van der Waals surface area contributed by atoms with Crippen molar-refractivity contribution in [2.75, 3.05) is 5.75 Å². The molecule has 25 heavy (non-hydrogen) atoms. The molecule has 2 aromatic rings. The molecule has 0 bridgehead atoms. The van der Waals surface area contributed by atoms with Gasteiger partial charge < -0.3 is 0 Å². The molecule has 0 saturated carbocycles. The first-order chi connectivity index (χ1) is 11.7. The molecule has 9 heteroatoms. The van der Waals surface area contributed by atoms with Gasteiger partial charge in [-0.3, -0.25) is 14.6 Å². The zero-order valence-corrected chi connectivity index (χ0v) is 14.5. The van der Waals surface area contributed by atoms with Crippen LogP contribution >= 0.6 is 23.4 Å². The molecule has 0 spiro atoms. The number of alkyl halides is 3. The van der Waals surface area contributed by atoms with Crippen molar-refractivity contribution >= 4 is 34.9 Å². The smallest absolute Gasteiger partial charge is 0.294 e. The van der Waals surface area contributed by atoms with Crippen LogP contribution in [0.1, 0.15) is 39.9 Å². The second kappa shape index (κ2) is 7.97. The first-order valence-electron chi connectivity index (χ1n) is 7.11. The molecule has 2 aromatic heterocycles. The van der Waals surface area contributed by atoms with Gasteiger partial charge in [-0.05, 0) is 30.0 Å². The van der Waals surface area contributed by atoms with Crippen LogP contribution in [0.15, 0.2) is 35.4 Å². The predicted molar refractivity (Wildman–Crippen MR) is 88.2 cm³/mol. The molecule has 0 aliphatic heterocycles. The minimum Gasteiger partial charge on any atom is -0.294 e. The number of aromatic nitrogens is 2. The number of halogens is 4. The summed E-state index contributed by atoms with van der Waals surface area (Å²) in [6.45, 7) is 1.90. The Hall–Kier alpha value is -1.93. The highest BCUT2D eigenvalue weighted by molar-refractivity contribution is 7.99. The zero-order chi connectivity index (χ0) is 18.6. The van der Waals surface area contributed by atoms with Gasteiger partial charge in [-0.25, -0.2) is 4.98 Å². The van der Waals surface area contributed by atoms with Gasteiger partial charge in [0.15, 0.2) is 11.6 Å². The Morgan fingerprint density at radius 2 is 1.88 bits per heavy atom. The summed E-state index contributed by atoms with van der Waals surface area (Å²) in [6, 6.07) is 4.88. The molecule has 132 valence electrons. The van der Waals surface area contributed by atoms with Crippen molar-refractivity contribution in [3.8, 4) is 0 Å².